The summed E-state index contributed by atoms with van der Waals surface area (Å²) in [5.41, 5.74) is 0.385. The van der Waals surface area contributed by atoms with Crippen molar-refractivity contribution < 1.29 is 9.18 Å². The van der Waals surface area contributed by atoms with Gasteiger partial charge in [-0.05, 0) is 42.0 Å². The van der Waals surface area contributed by atoms with E-state index in [1.807, 2.05) is 24.3 Å². The summed E-state index contributed by atoms with van der Waals surface area (Å²) in [5.74, 6) is -0.123. The lowest BCUT2D eigenvalue weighted by Gasteiger charge is -2.04. The van der Waals surface area contributed by atoms with Gasteiger partial charge >= 0.3 is 0 Å². The zero-order chi connectivity index (χ0) is 14.5. The van der Waals surface area contributed by atoms with E-state index in [-0.39, 0.29) is 12.2 Å². The van der Waals surface area contributed by atoms with Crippen molar-refractivity contribution in [3.8, 4) is 0 Å². The molecule has 0 bridgehead atoms. The summed E-state index contributed by atoms with van der Waals surface area (Å²) in [5, 5.41) is 0.336. The van der Waals surface area contributed by atoms with Crippen molar-refractivity contribution in [2.45, 2.75) is 11.3 Å². The van der Waals surface area contributed by atoms with E-state index in [1.54, 1.807) is 12.1 Å². The largest absolute Gasteiger partial charge is 0.298 e. The van der Waals surface area contributed by atoms with E-state index in [1.165, 1.54) is 17.8 Å². The van der Waals surface area contributed by atoms with Gasteiger partial charge in [0.15, 0.2) is 0 Å². The van der Waals surface area contributed by atoms with Crippen molar-refractivity contribution >= 4 is 45.1 Å². The molecular formula is C15H11BrClFOS. The van der Waals surface area contributed by atoms with Crippen LogP contribution >= 0.6 is 39.3 Å². The highest BCUT2D eigenvalue weighted by Crippen LogP contribution is 2.21. The lowest BCUT2D eigenvalue weighted by atomic mass is 10.1. The molecule has 5 heteroatoms. The zero-order valence-corrected chi connectivity index (χ0v) is 13.6. The molecule has 2 aromatic rings. The van der Waals surface area contributed by atoms with E-state index >= 15 is 0 Å². The molecule has 2 aromatic carbocycles. The quantitative estimate of drug-likeness (QED) is 0.675. The Labute approximate surface area is 134 Å². The van der Waals surface area contributed by atoms with E-state index < -0.39 is 5.82 Å². The minimum absolute atomic E-state index is 0.0147. The Morgan fingerprint density at radius 1 is 1.20 bits per heavy atom. The van der Waals surface area contributed by atoms with Crippen LogP contribution in [0.5, 0.6) is 0 Å². The fourth-order valence-corrected chi connectivity index (χ4v) is 2.80. The normalized spacial score (nSPS) is 10.6. The van der Waals surface area contributed by atoms with Gasteiger partial charge in [0.2, 0.25) is 0 Å². The summed E-state index contributed by atoms with van der Waals surface area (Å²) in [7, 11) is 0. The molecule has 0 heterocycles. The van der Waals surface area contributed by atoms with Crippen molar-refractivity contribution in [1.29, 1.82) is 0 Å². The van der Waals surface area contributed by atoms with Gasteiger partial charge in [0, 0.05) is 20.8 Å². The van der Waals surface area contributed by atoms with Gasteiger partial charge in [0.1, 0.15) is 11.6 Å². The standard InChI is InChI=1S/C15H11BrClFOS/c16-11-2-5-14(6-3-11)20-9-13(19)7-10-1-4-12(17)8-15(10)18/h1-6,8H,7,9H2. The highest BCUT2D eigenvalue weighted by molar-refractivity contribution is 9.10. The van der Waals surface area contributed by atoms with Crippen LogP contribution in [0.15, 0.2) is 51.8 Å². The summed E-state index contributed by atoms with van der Waals surface area (Å²) in [6, 6.07) is 12.1. The van der Waals surface area contributed by atoms with Gasteiger partial charge in [-0.2, -0.15) is 0 Å². The predicted octanol–water partition coefficient (Wildman–Crippen LogP) is 5.15. The number of halogens is 3. The highest BCUT2D eigenvalue weighted by atomic mass is 79.9. The second-order valence-corrected chi connectivity index (χ2v) is 6.59. The van der Waals surface area contributed by atoms with Crippen molar-refractivity contribution in [2.75, 3.05) is 5.75 Å². The molecule has 0 aliphatic carbocycles. The average Bonchev–Trinajstić information content (AvgIpc) is 2.41. The maximum atomic E-state index is 13.6. The molecule has 0 saturated carbocycles. The topological polar surface area (TPSA) is 17.1 Å². The number of Topliss-reactive ketones (excluding diaryl/α,β-unsaturated/α-hetero) is 1. The Kier molecular flexibility index (Phi) is 5.64. The average molecular weight is 374 g/mol. The van der Waals surface area contributed by atoms with Crippen LogP contribution in [-0.4, -0.2) is 11.5 Å². The van der Waals surface area contributed by atoms with Crippen LogP contribution in [0.1, 0.15) is 5.56 Å². The Morgan fingerprint density at radius 3 is 2.55 bits per heavy atom. The third-order valence-corrected chi connectivity index (χ3v) is 4.45. The molecule has 104 valence electrons. The molecule has 0 saturated heterocycles. The molecule has 0 unspecified atom stereocenters. The van der Waals surface area contributed by atoms with Gasteiger partial charge in [-0.3, -0.25) is 4.79 Å². The first-order valence-electron chi connectivity index (χ1n) is 5.88. The molecule has 0 amide bonds. The number of thioether (sulfide) groups is 1. The molecule has 2 rings (SSSR count). The second-order valence-electron chi connectivity index (χ2n) is 4.19. The molecule has 0 aliphatic heterocycles. The first kappa shape index (κ1) is 15.5. The maximum Gasteiger partial charge on any atom is 0.147 e. The lowest BCUT2D eigenvalue weighted by molar-refractivity contribution is -0.116. The number of carbonyl (C=O) groups is 1. The van der Waals surface area contributed by atoms with Gasteiger partial charge in [-0.25, -0.2) is 4.39 Å². The number of benzene rings is 2. The highest BCUT2D eigenvalue weighted by Gasteiger charge is 2.09. The molecule has 0 fully saturated rings. The first-order chi connectivity index (χ1) is 9.54. The van der Waals surface area contributed by atoms with E-state index in [0.717, 1.165) is 9.37 Å². The number of rotatable bonds is 5. The summed E-state index contributed by atoms with van der Waals surface area (Å²) in [6.07, 6.45) is 0.0898. The minimum atomic E-state index is -0.431. The molecule has 0 aromatic heterocycles. The zero-order valence-electron chi connectivity index (χ0n) is 10.4. The monoisotopic (exact) mass is 372 g/mol. The smallest absolute Gasteiger partial charge is 0.147 e. The molecule has 1 nitrogen and oxygen atoms in total. The predicted molar refractivity (Wildman–Crippen MR) is 85.0 cm³/mol. The third-order valence-electron chi connectivity index (χ3n) is 2.62. The molecular weight excluding hydrogens is 363 g/mol. The molecule has 20 heavy (non-hydrogen) atoms. The molecule has 0 radical (unpaired) electrons. The Hall–Kier alpha value is -0.840. The van der Waals surface area contributed by atoms with Gasteiger partial charge in [-0.15, -0.1) is 11.8 Å². The molecule has 0 atom stereocenters. The van der Waals surface area contributed by atoms with Crippen LogP contribution in [0.4, 0.5) is 4.39 Å². The summed E-state index contributed by atoms with van der Waals surface area (Å²) >= 11 is 10.5. The van der Waals surface area contributed by atoms with Crippen LogP contribution < -0.4 is 0 Å². The van der Waals surface area contributed by atoms with Crippen LogP contribution in [0.2, 0.25) is 5.02 Å². The maximum absolute atomic E-state index is 13.6. The molecule has 0 aliphatic rings. The summed E-state index contributed by atoms with van der Waals surface area (Å²) < 4.78 is 14.6. The molecule has 0 spiro atoms. The van der Waals surface area contributed by atoms with E-state index in [0.29, 0.717) is 16.3 Å². The SMILES string of the molecule is O=C(CSc1ccc(Br)cc1)Cc1ccc(Cl)cc1F. The number of hydrogen-bond donors (Lipinski definition) is 0. The Balaban J connectivity index is 1.90. The van der Waals surface area contributed by atoms with Crippen LogP contribution in [0, 0.1) is 5.82 Å². The number of ketones is 1. The second kappa shape index (κ2) is 7.25. The van der Waals surface area contributed by atoms with Crippen LogP contribution in [0.3, 0.4) is 0 Å². The molecule has 0 N–H and O–H groups in total. The van der Waals surface area contributed by atoms with Crippen LogP contribution in [-0.2, 0) is 11.2 Å². The Bertz CT molecular complexity index is 616. The number of carbonyl (C=O) groups excluding carboxylic acids is 1. The van der Waals surface area contributed by atoms with E-state index in [9.17, 15) is 9.18 Å². The summed E-state index contributed by atoms with van der Waals surface area (Å²) in [4.78, 5) is 12.9. The van der Waals surface area contributed by atoms with Crippen molar-refractivity contribution in [3.05, 3.63) is 63.3 Å². The first-order valence-corrected chi connectivity index (χ1v) is 8.04. The number of hydrogen-bond acceptors (Lipinski definition) is 2. The van der Waals surface area contributed by atoms with Crippen LogP contribution in [0.25, 0.3) is 0 Å². The van der Waals surface area contributed by atoms with Crippen molar-refractivity contribution in [2.24, 2.45) is 0 Å². The van der Waals surface area contributed by atoms with Crippen molar-refractivity contribution in [1.82, 2.24) is 0 Å². The fourth-order valence-electron chi connectivity index (χ4n) is 1.62. The minimum Gasteiger partial charge on any atom is -0.298 e. The summed E-state index contributed by atoms with van der Waals surface area (Å²) in [6.45, 7) is 0. The Morgan fingerprint density at radius 2 is 1.90 bits per heavy atom. The van der Waals surface area contributed by atoms with E-state index in [4.69, 9.17) is 11.6 Å². The van der Waals surface area contributed by atoms with Gasteiger partial charge in [-0.1, -0.05) is 33.6 Å². The lowest BCUT2D eigenvalue weighted by Crippen LogP contribution is -2.07. The fraction of sp³-hybridized carbons (Fsp3) is 0.133. The van der Waals surface area contributed by atoms with Crippen molar-refractivity contribution in [3.63, 3.8) is 0 Å². The van der Waals surface area contributed by atoms with E-state index in [2.05, 4.69) is 15.9 Å². The third kappa shape index (κ3) is 4.62. The van der Waals surface area contributed by atoms with Gasteiger partial charge in [0.05, 0.1) is 5.75 Å². The van der Waals surface area contributed by atoms with Gasteiger partial charge < -0.3 is 0 Å². The van der Waals surface area contributed by atoms with Gasteiger partial charge in [0.25, 0.3) is 0 Å².